The zero-order valence-corrected chi connectivity index (χ0v) is 12.9. The molecule has 3 fully saturated rings. The van der Waals surface area contributed by atoms with Gasteiger partial charge >= 0.3 is 6.03 Å². The van der Waals surface area contributed by atoms with E-state index in [0.717, 1.165) is 39.0 Å². The van der Waals surface area contributed by atoms with E-state index in [2.05, 4.69) is 22.2 Å². The van der Waals surface area contributed by atoms with Gasteiger partial charge in [-0.1, -0.05) is 12.8 Å². The van der Waals surface area contributed by atoms with Crippen molar-refractivity contribution in [3.05, 3.63) is 0 Å². The van der Waals surface area contributed by atoms with Crippen LogP contribution < -0.4 is 5.32 Å². The maximum Gasteiger partial charge on any atom is 0.326 e. The number of nitrogens with one attached hydrogen (secondary N) is 1. The molecule has 1 N–H and O–H groups in total. The second kappa shape index (κ2) is 5.93. The quantitative estimate of drug-likeness (QED) is 0.767. The third-order valence-corrected chi connectivity index (χ3v) is 5.13. The van der Waals surface area contributed by atoms with Crippen molar-refractivity contribution in [2.75, 3.05) is 39.9 Å². The summed E-state index contributed by atoms with van der Waals surface area (Å²) >= 11 is 0. The molecule has 3 rings (SSSR count). The van der Waals surface area contributed by atoms with Gasteiger partial charge in [0.1, 0.15) is 5.54 Å². The summed E-state index contributed by atoms with van der Waals surface area (Å²) in [5.74, 6) is -0.00940. The Bertz CT molecular complexity index is 410. The molecule has 3 heterocycles. The molecule has 0 aromatic rings. The summed E-state index contributed by atoms with van der Waals surface area (Å²) in [4.78, 5) is 30.9. The number of urea groups is 1. The van der Waals surface area contributed by atoms with Crippen molar-refractivity contribution in [3.63, 3.8) is 0 Å². The molecule has 3 aliphatic rings. The molecule has 0 atom stereocenters. The van der Waals surface area contributed by atoms with Crippen LogP contribution in [0.5, 0.6) is 0 Å². The van der Waals surface area contributed by atoms with Crippen molar-refractivity contribution in [2.45, 2.75) is 44.1 Å². The first kappa shape index (κ1) is 14.8. The number of hydrogen-bond donors (Lipinski definition) is 1. The maximum absolute atomic E-state index is 12.8. The SMILES string of the molecule is CN1CCC2(CC1)NC(=O)N(CN1CCCCCC1)C2=O. The topological polar surface area (TPSA) is 55.9 Å². The van der Waals surface area contributed by atoms with E-state index in [4.69, 9.17) is 0 Å². The van der Waals surface area contributed by atoms with Gasteiger partial charge in [-0.3, -0.25) is 9.69 Å². The average Bonchev–Trinajstić information content (AvgIpc) is 2.68. The molecule has 6 heteroatoms. The largest absolute Gasteiger partial charge is 0.326 e. The lowest BCUT2D eigenvalue weighted by Gasteiger charge is -2.35. The number of amides is 3. The van der Waals surface area contributed by atoms with Gasteiger partial charge in [-0.05, 0) is 45.8 Å². The van der Waals surface area contributed by atoms with Crippen LogP contribution in [0.3, 0.4) is 0 Å². The Morgan fingerprint density at radius 1 is 1.00 bits per heavy atom. The van der Waals surface area contributed by atoms with Gasteiger partial charge in [-0.25, -0.2) is 9.69 Å². The first-order chi connectivity index (χ1) is 10.1. The van der Waals surface area contributed by atoms with Crippen LogP contribution in [-0.4, -0.2) is 72.1 Å². The summed E-state index contributed by atoms with van der Waals surface area (Å²) in [6.45, 7) is 4.18. The second-order valence-electron chi connectivity index (χ2n) is 6.72. The smallest absolute Gasteiger partial charge is 0.323 e. The number of likely N-dealkylation sites (tertiary alicyclic amines) is 2. The van der Waals surface area contributed by atoms with E-state index in [0.29, 0.717) is 6.67 Å². The Morgan fingerprint density at radius 2 is 1.62 bits per heavy atom. The van der Waals surface area contributed by atoms with E-state index >= 15 is 0 Å². The summed E-state index contributed by atoms with van der Waals surface area (Å²) in [6.07, 6.45) is 6.30. The molecular weight excluding hydrogens is 268 g/mol. The molecule has 3 aliphatic heterocycles. The first-order valence-electron chi connectivity index (χ1n) is 8.16. The summed E-state index contributed by atoms with van der Waals surface area (Å²) < 4.78 is 0. The van der Waals surface area contributed by atoms with E-state index in [9.17, 15) is 9.59 Å². The Kier molecular flexibility index (Phi) is 4.17. The number of imide groups is 1. The monoisotopic (exact) mass is 294 g/mol. The highest BCUT2D eigenvalue weighted by Gasteiger charge is 2.52. The fraction of sp³-hybridized carbons (Fsp3) is 0.867. The van der Waals surface area contributed by atoms with Crippen LogP contribution >= 0.6 is 0 Å². The lowest BCUT2D eigenvalue weighted by Crippen LogP contribution is -2.54. The van der Waals surface area contributed by atoms with E-state index in [1.54, 1.807) is 0 Å². The van der Waals surface area contributed by atoms with Crippen molar-refractivity contribution in [1.29, 1.82) is 0 Å². The van der Waals surface area contributed by atoms with E-state index in [1.807, 2.05) is 0 Å². The highest BCUT2D eigenvalue weighted by molar-refractivity contribution is 6.07. The molecule has 0 unspecified atom stereocenters. The first-order valence-corrected chi connectivity index (χ1v) is 8.16. The van der Waals surface area contributed by atoms with E-state index < -0.39 is 5.54 Å². The van der Waals surface area contributed by atoms with Gasteiger partial charge in [-0.15, -0.1) is 0 Å². The molecule has 0 radical (unpaired) electrons. The molecule has 3 saturated heterocycles. The molecule has 0 aromatic carbocycles. The molecule has 118 valence electrons. The molecular formula is C15H26N4O2. The normalized spacial score (nSPS) is 28.0. The maximum atomic E-state index is 12.8. The van der Waals surface area contributed by atoms with Crippen LogP contribution in [0.25, 0.3) is 0 Å². The third-order valence-electron chi connectivity index (χ3n) is 5.13. The highest BCUT2D eigenvalue weighted by Crippen LogP contribution is 2.29. The minimum absolute atomic E-state index is 0.00940. The predicted molar refractivity (Wildman–Crippen MR) is 79.7 cm³/mol. The van der Waals surface area contributed by atoms with Gasteiger partial charge in [0.15, 0.2) is 0 Å². The minimum atomic E-state index is -0.630. The van der Waals surface area contributed by atoms with Crippen LogP contribution in [0.1, 0.15) is 38.5 Å². The summed E-state index contributed by atoms with van der Waals surface area (Å²) in [6, 6.07) is -0.200. The Balaban J connectivity index is 1.66. The van der Waals surface area contributed by atoms with Crippen molar-refractivity contribution in [3.8, 4) is 0 Å². The Hall–Kier alpha value is -1.14. The van der Waals surface area contributed by atoms with Gasteiger partial charge < -0.3 is 10.2 Å². The molecule has 1 spiro atoms. The number of hydrogen-bond acceptors (Lipinski definition) is 4. The van der Waals surface area contributed by atoms with Crippen molar-refractivity contribution >= 4 is 11.9 Å². The zero-order valence-electron chi connectivity index (χ0n) is 12.9. The average molecular weight is 294 g/mol. The van der Waals surface area contributed by atoms with Gasteiger partial charge in [0, 0.05) is 13.1 Å². The van der Waals surface area contributed by atoms with Gasteiger partial charge in [0.05, 0.1) is 6.67 Å². The number of carbonyl (C=O) groups is 2. The molecule has 0 aliphatic carbocycles. The second-order valence-corrected chi connectivity index (χ2v) is 6.72. The lowest BCUT2D eigenvalue weighted by atomic mass is 9.88. The number of piperidine rings is 1. The summed E-state index contributed by atoms with van der Waals surface area (Å²) in [5.41, 5.74) is -0.630. The van der Waals surface area contributed by atoms with E-state index in [1.165, 1.54) is 30.6 Å². The Labute approximate surface area is 126 Å². The molecule has 0 aromatic heterocycles. The standard InChI is InChI=1S/C15H26N4O2/c1-17-10-6-15(7-11-17)13(20)19(14(21)16-15)12-18-8-4-2-3-5-9-18/h2-12H2,1H3,(H,16,21). The lowest BCUT2D eigenvalue weighted by molar-refractivity contribution is -0.134. The molecule has 0 saturated carbocycles. The minimum Gasteiger partial charge on any atom is -0.323 e. The van der Waals surface area contributed by atoms with Gasteiger partial charge in [0.25, 0.3) is 5.91 Å². The van der Waals surface area contributed by atoms with E-state index in [-0.39, 0.29) is 11.9 Å². The summed E-state index contributed by atoms with van der Waals surface area (Å²) in [7, 11) is 2.06. The molecule has 3 amide bonds. The number of carbonyl (C=O) groups excluding carboxylic acids is 2. The van der Waals surface area contributed by atoms with Crippen molar-refractivity contribution < 1.29 is 9.59 Å². The summed E-state index contributed by atoms with van der Waals surface area (Å²) in [5, 5.41) is 2.98. The molecule has 21 heavy (non-hydrogen) atoms. The van der Waals surface area contributed by atoms with Crippen LogP contribution in [0.4, 0.5) is 4.79 Å². The number of rotatable bonds is 2. The third kappa shape index (κ3) is 2.92. The van der Waals surface area contributed by atoms with Crippen LogP contribution in [0.2, 0.25) is 0 Å². The zero-order chi connectivity index (χ0) is 14.9. The molecule has 0 bridgehead atoms. The van der Waals surface area contributed by atoms with Crippen LogP contribution in [-0.2, 0) is 4.79 Å². The van der Waals surface area contributed by atoms with Crippen LogP contribution in [0, 0.1) is 0 Å². The van der Waals surface area contributed by atoms with Gasteiger partial charge in [0.2, 0.25) is 0 Å². The predicted octanol–water partition coefficient (Wildman–Crippen LogP) is 0.836. The molecule has 6 nitrogen and oxygen atoms in total. The number of nitrogens with zero attached hydrogens (tertiary/aromatic N) is 3. The van der Waals surface area contributed by atoms with Gasteiger partial charge in [-0.2, -0.15) is 0 Å². The Morgan fingerprint density at radius 3 is 2.24 bits per heavy atom. The van der Waals surface area contributed by atoms with Crippen molar-refractivity contribution in [1.82, 2.24) is 20.0 Å². The fourth-order valence-corrected chi connectivity index (χ4v) is 3.62. The van der Waals surface area contributed by atoms with Crippen LogP contribution in [0.15, 0.2) is 0 Å². The van der Waals surface area contributed by atoms with Crippen molar-refractivity contribution in [2.24, 2.45) is 0 Å². The fourth-order valence-electron chi connectivity index (χ4n) is 3.62. The highest BCUT2D eigenvalue weighted by atomic mass is 16.2.